The molecule has 1 aliphatic rings. The second kappa shape index (κ2) is 5.67. The minimum Gasteiger partial charge on any atom is -0.373 e. The topological polar surface area (TPSA) is 41.0 Å². The van der Waals surface area contributed by atoms with E-state index >= 15 is 0 Å². The van der Waals surface area contributed by atoms with Gasteiger partial charge in [-0.05, 0) is 37.1 Å². The van der Waals surface area contributed by atoms with Gasteiger partial charge in [0.05, 0.1) is 5.51 Å². The Bertz CT molecular complexity index is 526. The summed E-state index contributed by atoms with van der Waals surface area (Å²) in [6, 6.07) is 4.81. The summed E-state index contributed by atoms with van der Waals surface area (Å²) in [4.78, 5) is 12.3. The van der Waals surface area contributed by atoms with E-state index < -0.39 is 0 Å². The number of nitrogens with one attached hydrogen (secondary N) is 1. The molecule has 19 heavy (non-hydrogen) atoms. The number of aromatic nitrogens is 2. The Morgan fingerprint density at radius 1 is 1.53 bits per heavy atom. The summed E-state index contributed by atoms with van der Waals surface area (Å²) in [5.41, 5.74) is 3.27. The van der Waals surface area contributed by atoms with E-state index in [9.17, 15) is 0 Å². The average molecular weight is 274 g/mol. The van der Waals surface area contributed by atoms with Crippen LogP contribution < -0.4 is 5.32 Å². The molecule has 0 spiro atoms. The molecule has 1 atom stereocenters. The van der Waals surface area contributed by atoms with Crippen LogP contribution >= 0.6 is 11.3 Å². The largest absolute Gasteiger partial charge is 0.373 e. The zero-order valence-electron chi connectivity index (χ0n) is 11.0. The van der Waals surface area contributed by atoms with Crippen molar-refractivity contribution in [2.45, 2.75) is 25.4 Å². The fraction of sp³-hybridized carbons (Fsp3) is 0.429. The van der Waals surface area contributed by atoms with E-state index in [2.05, 4.69) is 32.3 Å². The number of nitrogens with zero attached hydrogens (tertiary/aromatic N) is 3. The van der Waals surface area contributed by atoms with Crippen LogP contribution in [0.25, 0.3) is 0 Å². The van der Waals surface area contributed by atoms with Gasteiger partial charge in [0.1, 0.15) is 5.82 Å². The molecule has 0 saturated carbocycles. The van der Waals surface area contributed by atoms with Gasteiger partial charge in [-0.1, -0.05) is 0 Å². The lowest BCUT2D eigenvalue weighted by Gasteiger charge is -2.24. The standard InChI is InChI=1S/C14H18N4S/c1-15-14-7-11(4-5-17-14)13-3-2-6-18(13)9-12-8-16-10-19-12/h4-5,7-8,10,13H,2-3,6,9H2,1H3,(H,15,17)/t13-/m1/s1. The smallest absolute Gasteiger partial charge is 0.125 e. The molecule has 5 heteroatoms. The van der Waals surface area contributed by atoms with Crippen LogP contribution in [0.5, 0.6) is 0 Å². The third-order valence-electron chi connectivity index (χ3n) is 3.63. The number of anilines is 1. The lowest BCUT2D eigenvalue weighted by atomic mass is 10.1. The van der Waals surface area contributed by atoms with Gasteiger partial charge in [-0.15, -0.1) is 11.3 Å². The minimum absolute atomic E-state index is 0.511. The molecular formula is C14H18N4S. The van der Waals surface area contributed by atoms with Crippen LogP contribution in [0.2, 0.25) is 0 Å². The molecular weight excluding hydrogens is 256 g/mol. The summed E-state index contributed by atoms with van der Waals surface area (Å²) < 4.78 is 0. The zero-order chi connectivity index (χ0) is 13.1. The number of likely N-dealkylation sites (tertiary alicyclic amines) is 1. The predicted molar refractivity (Wildman–Crippen MR) is 78.3 cm³/mol. The molecule has 2 aromatic rings. The van der Waals surface area contributed by atoms with E-state index in [4.69, 9.17) is 0 Å². The average Bonchev–Trinajstić information content (AvgIpc) is 3.11. The van der Waals surface area contributed by atoms with Crippen molar-refractivity contribution < 1.29 is 0 Å². The number of thiazole rings is 1. The first-order valence-corrected chi connectivity index (χ1v) is 7.50. The highest BCUT2D eigenvalue weighted by atomic mass is 32.1. The predicted octanol–water partition coefficient (Wildman–Crippen LogP) is 2.92. The van der Waals surface area contributed by atoms with Crippen molar-refractivity contribution in [2.75, 3.05) is 18.9 Å². The Labute approximate surface area is 117 Å². The van der Waals surface area contributed by atoms with Gasteiger partial charge in [0, 0.05) is 36.9 Å². The van der Waals surface area contributed by atoms with Crippen LogP contribution in [-0.2, 0) is 6.54 Å². The Morgan fingerprint density at radius 3 is 3.26 bits per heavy atom. The van der Waals surface area contributed by atoms with Crippen molar-refractivity contribution in [2.24, 2.45) is 0 Å². The van der Waals surface area contributed by atoms with Gasteiger partial charge < -0.3 is 5.32 Å². The zero-order valence-corrected chi connectivity index (χ0v) is 11.9. The number of pyridine rings is 1. The van der Waals surface area contributed by atoms with Crippen molar-refractivity contribution in [3.05, 3.63) is 40.5 Å². The second-order valence-corrected chi connectivity index (χ2v) is 5.79. The first-order valence-electron chi connectivity index (χ1n) is 6.62. The maximum absolute atomic E-state index is 4.29. The molecule has 0 radical (unpaired) electrons. The van der Waals surface area contributed by atoms with Crippen molar-refractivity contribution >= 4 is 17.2 Å². The lowest BCUT2D eigenvalue weighted by Crippen LogP contribution is -2.22. The Balaban J connectivity index is 1.78. The van der Waals surface area contributed by atoms with Crippen molar-refractivity contribution in [1.82, 2.24) is 14.9 Å². The molecule has 0 amide bonds. The van der Waals surface area contributed by atoms with Crippen LogP contribution in [0.4, 0.5) is 5.82 Å². The molecule has 0 bridgehead atoms. The Kier molecular flexibility index (Phi) is 3.75. The molecule has 0 unspecified atom stereocenters. The van der Waals surface area contributed by atoms with Gasteiger partial charge in [0.15, 0.2) is 0 Å². The molecule has 100 valence electrons. The molecule has 1 aliphatic heterocycles. The normalized spacial score (nSPS) is 19.7. The SMILES string of the molecule is CNc1cc([C@H]2CCCN2Cc2cncs2)ccn1. The molecule has 3 rings (SSSR count). The molecule has 1 saturated heterocycles. The van der Waals surface area contributed by atoms with Gasteiger partial charge in [-0.2, -0.15) is 0 Å². The van der Waals surface area contributed by atoms with Crippen LogP contribution in [0.1, 0.15) is 29.3 Å². The van der Waals surface area contributed by atoms with E-state index in [-0.39, 0.29) is 0 Å². The highest BCUT2D eigenvalue weighted by Gasteiger charge is 2.26. The fourth-order valence-corrected chi connectivity index (χ4v) is 3.32. The van der Waals surface area contributed by atoms with E-state index in [1.54, 1.807) is 11.3 Å². The monoisotopic (exact) mass is 274 g/mol. The van der Waals surface area contributed by atoms with Crippen LogP contribution in [0.15, 0.2) is 30.0 Å². The second-order valence-electron chi connectivity index (χ2n) is 4.82. The van der Waals surface area contributed by atoms with E-state index in [0.29, 0.717) is 6.04 Å². The fourth-order valence-electron chi connectivity index (χ4n) is 2.70. The first-order chi connectivity index (χ1) is 9.36. The van der Waals surface area contributed by atoms with Crippen LogP contribution in [0.3, 0.4) is 0 Å². The third-order valence-corrected chi connectivity index (χ3v) is 4.40. The van der Waals surface area contributed by atoms with Gasteiger partial charge in [-0.25, -0.2) is 4.98 Å². The Hall–Kier alpha value is -1.46. The first kappa shape index (κ1) is 12.6. The summed E-state index contributed by atoms with van der Waals surface area (Å²) in [6.07, 6.45) is 6.36. The van der Waals surface area contributed by atoms with Crippen molar-refractivity contribution in [3.63, 3.8) is 0 Å². The number of rotatable bonds is 4. The van der Waals surface area contributed by atoms with Crippen molar-refractivity contribution in [3.8, 4) is 0 Å². The highest BCUT2D eigenvalue weighted by Crippen LogP contribution is 2.34. The molecule has 4 nitrogen and oxygen atoms in total. The van der Waals surface area contributed by atoms with Gasteiger partial charge >= 0.3 is 0 Å². The van der Waals surface area contributed by atoms with Gasteiger partial charge in [0.25, 0.3) is 0 Å². The van der Waals surface area contributed by atoms with E-state index in [0.717, 1.165) is 12.4 Å². The van der Waals surface area contributed by atoms with E-state index in [1.807, 2.05) is 25.0 Å². The maximum atomic E-state index is 4.29. The van der Waals surface area contributed by atoms with Crippen molar-refractivity contribution in [1.29, 1.82) is 0 Å². The summed E-state index contributed by atoms with van der Waals surface area (Å²) in [5.74, 6) is 0.946. The molecule has 1 N–H and O–H groups in total. The van der Waals surface area contributed by atoms with Gasteiger partial charge in [0.2, 0.25) is 0 Å². The summed E-state index contributed by atoms with van der Waals surface area (Å²) >= 11 is 1.74. The minimum atomic E-state index is 0.511. The quantitative estimate of drug-likeness (QED) is 0.930. The Morgan fingerprint density at radius 2 is 2.47 bits per heavy atom. The highest BCUT2D eigenvalue weighted by molar-refractivity contribution is 7.09. The maximum Gasteiger partial charge on any atom is 0.125 e. The lowest BCUT2D eigenvalue weighted by molar-refractivity contribution is 0.250. The molecule has 1 fully saturated rings. The number of hydrogen-bond donors (Lipinski definition) is 1. The van der Waals surface area contributed by atoms with Crippen LogP contribution in [-0.4, -0.2) is 28.5 Å². The number of hydrogen-bond acceptors (Lipinski definition) is 5. The van der Waals surface area contributed by atoms with Gasteiger partial charge in [-0.3, -0.25) is 9.88 Å². The summed E-state index contributed by atoms with van der Waals surface area (Å²) in [6.45, 7) is 2.17. The summed E-state index contributed by atoms with van der Waals surface area (Å²) in [7, 11) is 1.91. The molecule has 0 aliphatic carbocycles. The van der Waals surface area contributed by atoms with Crippen LogP contribution in [0, 0.1) is 0 Å². The molecule has 0 aromatic carbocycles. The molecule has 3 heterocycles. The summed E-state index contributed by atoms with van der Waals surface area (Å²) in [5, 5.41) is 3.11. The third kappa shape index (κ3) is 2.77. The molecule has 2 aromatic heterocycles. The van der Waals surface area contributed by atoms with E-state index in [1.165, 1.54) is 29.8 Å².